The second kappa shape index (κ2) is 4.53. The molecule has 3 heterocycles. The Bertz CT molecular complexity index is 814. The third kappa shape index (κ3) is 1.70. The summed E-state index contributed by atoms with van der Waals surface area (Å²) in [5.74, 6) is 0.574. The number of hydrogen-bond acceptors (Lipinski definition) is 3. The molecular formula is C16H12ClN3. The Morgan fingerprint density at radius 2 is 2.05 bits per heavy atom. The number of pyridine rings is 3. The Hall–Kier alpha value is -2.00. The summed E-state index contributed by atoms with van der Waals surface area (Å²) in [5, 5.41) is 2.31. The van der Waals surface area contributed by atoms with Gasteiger partial charge < -0.3 is 0 Å². The van der Waals surface area contributed by atoms with E-state index in [1.165, 1.54) is 10.9 Å². The van der Waals surface area contributed by atoms with Crippen molar-refractivity contribution in [1.29, 1.82) is 0 Å². The number of hydrogen-bond donors (Lipinski definition) is 0. The Balaban J connectivity index is 2.09. The van der Waals surface area contributed by atoms with Crippen molar-refractivity contribution in [1.82, 2.24) is 15.0 Å². The van der Waals surface area contributed by atoms with Crippen LogP contribution in [0.4, 0.5) is 0 Å². The van der Waals surface area contributed by atoms with E-state index in [-0.39, 0.29) is 0 Å². The average Bonchev–Trinajstić information content (AvgIpc) is 2.48. The molecule has 0 unspecified atom stereocenters. The van der Waals surface area contributed by atoms with E-state index >= 15 is 0 Å². The van der Waals surface area contributed by atoms with Gasteiger partial charge in [0, 0.05) is 42.2 Å². The summed E-state index contributed by atoms with van der Waals surface area (Å²) in [6.07, 6.45) is 5.28. The number of alkyl halides is 1. The van der Waals surface area contributed by atoms with Crippen molar-refractivity contribution in [2.24, 2.45) is 0 Å². The zero-order valence-corrected chi connectivity index (χ0v) is 11.6. The molecule has 4 heteroatoms. The minimum atomic E-state index is 0.574. The van der Waals surface area contributed by atoms with E-state index in [0.29, 0.717) is 5.88 Å². The lowest BCUT2D eigenvalue weighted by atomic mass is 9.92. The van der Waals surface area contributed by atoms with E-state index in [1.807, 2.05) is 24.5 Å². The van der Waals surface area contributed by atoms with E-state index < -0.39 is 0 Å². The molecule has 3 aromatic rings. The average molecular weight is 282 g/mol. The van der Waals surface area contributed by atoms with Gasteiger partial charge in [-0.1, -0.05) is 6.07 Å². The molecule has 1 aliphatic rings. The van der Waals surface area contributed by atoms with Crippen LogP contribution in [0.1, 0.15) is 17.0 Å². The molecule has 0 aliphatic heterocycles. The van der Waals surface area contributed by atoms with Gasteiger partial charge in [-0.2, -0.15) is 0 Å². The largest absolute Gasteiger partial charge is 0.260 e. The highest BCUT2D eigenvalue weighted by atomic mass is 35.5. The van der Waals surface area contributed by atoms with Crippen LogP contribution in [-0.2, 0) is 12.8 Å². The van der Waals surface area contributed by atoms with Gasteiger partial charge >= 0.3 is 0 Å². The number of aryl methyl sites for hydroxylation is 1. The van der Waals surface area contributed by atoms with Crippen molar-refractivity contribution in [3.05, 3.63) is 53.6 Å². The first kappa shape index (κ1) is 11.8. The monoisotopic (exact) mass is 281 g/mol. The van der Waals surface area contributed by atoms with Crippen LogP contribution in [0.2, 0.25) is 0 Å². The lowest BCUT2D eigenvalue weighted by Crippen LogP contribution is -2.07. The highest BCUT2D eigenvalue weighted by Gasteiger charge is 2.21. The molecule has 0 spiro atoms. The maximum Gasteiger partial charge on any atom is 0.0989 e. The minimum Gasteiger partial charge on any atom is -0.260 e. The third-order valence-corrected chi connectivity index (χ3v) is 3.89. The first-order chi connectivity index (χ1) is 9.86. The molecule has 3 aromatic heterocycles. The van der Waals surface area contributed by atoms with E-state index in [9.17, 15) is 0 Å². The number of nitrogens with zero attached hydrogens (tertiary/aromatic N) is 3. The van der Waals surface area contributed by atoms with Gasteiger partial charge in [-0.3, -0.25) is 15.0 Å². The zero-order chi connectivity index (χ0) is 13.5. The van der Waals surface area contributed by atoms with Crippen LogP contribution in [-0.4, -0.2) is 20.8 Å². The SMILES string of the molecule is ClCCc1cc2ccnc3c2c(n1)-c1ncccc1C3. The molecule has 0 radical (unpaired) electrons. The standard InChI is InChI=1S/C16H12ClN3/c17-5-3-12-8-10-4-7-18-13-9-11-2-1-6-19-15(11)16(20-12)14(10)13/h1-2,4,6-8H,3,5,9H2. The van der Waals surface area contributed by atoms with Crippen LogP contribution in [0.5, 0.6) is 0 Å². The second-order valence-corrected chi connectivity index (χ2v) is 5.32. The molecule has 3 nitrogen and oxygen atoms in total. The molecule has 0 bridgehead atoms. The molecule has 4 rings (SSSR count). The normalized spacial score (nSPS) is 12.4. The molecule has 1 aliphatic carbocycles. The molecule has 0 saturated heterocycles. The third-order valence-electron chi connectivity index (χ3n) is 3.70. The first-order valence-electron chi connectivity index (χ1n) is 6.64. The molecule has 0 N–H and O–H groups in total. The van der Waals surface area contributed by atoms with E-state index in [0.717, 1.165) is 41.0 Å². The Labute approximate surface area is 121 Å². The summed E-state index contributed by atoms with van der Waals surface area (Å²) >= 11 is 5.86. The van der Waals surface area contributed by atoms with Crippen LogP contribution in [0.3, 0.4) is 0 Å². The van der Waals surface area contributed by atoms with E-state index in [4.69, 9.17) is 16.6 Å². The Morgan fingerprint density at radius 3 is 2.95 bits per heavy atom. The number of fused-ring (bicyclic) bond motifs is 2. The molecule has 20 heavy (non-hydrogen) atoms. The summed E-state index contributed by atoms with van der Waals surface area (Å²) in [6.45, 7) is 0. The molecule has 0 fully saturated rings. The van der Waals surface area contributed by atoms with Crippen molar-refractivity contribution >= 4 is 22.4 Å². The number of halogens is 1. The summed E-state index contributed by atoms with van der Waals surface area (Å²) in [4.78, 5) is 13.8. The molecule has 0 saturated carbocycles. The van der Waals surface area contributed by atoms with Gasteiger partial charge in [-0.05, 0) is 29.1 Å². The Morgan fingerprint density at radius 1 is 1.10 bits per heavy atom. The summed E-state index contributed by atoms with van der Waals surface area (Å²) < 4.78 is 0. The van der Waals surface area contributed by atoms with Gasteiger partial charge in [0.1, 0.15) is 0 Å². The lowest BCUT2D eigenvalue weighted by Gasteiger charge is -2.18. The van der Waals surface area contributed by atoms with Crippen LogP contribution < -0.4 is 0 Å². The number of aromatic nitrogens is 3. The van der Waals surface area contributed by atoms with Crippen LogP contribution in [0.15, 0.2) is 36.7 Å². The molecular weight excluding hydrogens is 270 g/mol. The summed E-state index contributed by atoms with van der Waals surface area (Å²) in [7, 11) is 0. The smallest absolute Gasteiger partial charge is 0.0989 e. The summed E-state index contributed by atoms with van der Waals surface area (Å²) in [6, 6.07) is 8.21. The van der Waals surface area contributed by atoms with E-state index in [2.05, 4.69) is 22.1 Å². The maximum absolute atomic E-state index is 5.86. The van der Waals surface area contributed by atoms with Crippen molar-refractivity contribution < 1.29 is 0 Å². The Kier molecular flexibility index (Phi) is 2.67. The highest BCUT2D eigenvalue weighted by molar-refractivity contribution is 6.18. The van der Waals surface area contributed by atoms with Crippen molar-refractivity contribution in [3.8, 4) is 11.4 Å². The highest BCUT2D eigenvalue weighted by Crippen LogP contribution is 2.36. The van der Waals surface area contributed by atoms with Crippen molar-refractivity contribution in [2.75, 3.05) is 5.88 Å². The molecule has 0 aromatic carbocycles. The van der Waals surface area contributed by atoms with Gasteiger partial charge in [0.25, 0.3) is 0 Å². The van der Waals surface area contributed by atoms with Gasteiger partial charge in [0.15, 0.2) is 0 Å². The van der Waals surface area contributed by atoms with E-state index in [1.54, 1.807) is 0 Å². The molecule has 0 atom stereocenters. The van der Waals surface area contributed by atoms with Gasteiger partial charge in [-0.15, -0.1) is 11.6 Å². The van der Waals surface area contributed by atoms with Gasteiger partial charge in [0.05, 0.1) is 17.1 Å². The minimum absolute atomic E-state index is 0.574. The van der Waals surface area contributed by atoms with Gasteiger partial charge in [-0.25, -0.2) is 0 Å². The molecule has 0 amide bonds. The fourth-order valence-corrected chi connectivity index (χ4v) is 3.03. The quantitative estimate of drug-likeness (QED) is 0.529. The predicted molar refractivity (Wildman–Crippen MR) is 80.0 cm³/mol. The van der Waals surface area contributed by atoms with Crippen LogP contribution in [0.25, 0.3) is 22.2 Å². The maximum atomic E-state index is 5.86. The molecule has 98 valence electrons. The number of rotatable bonds is 2. The summed E-state index contributed by atoms with van der Waals surface area (Å²) in [5.41, 5.74) is 5.22. The zero-order valence-electron chi connectivity index (χ0n) is 10.8. The topological polar surface area (TPSA) is 38.7 Å². The van der Waals surface area contributed by atoms with Crippen molar-refractivity contribution in [2.45, 2.75) is 12.8 Å². The van der Waals surface area contributed by atoms with Crippen LogP contribution >= 0.6 is 11.6 Å². The fraction of sp³-hybridized carbons (Fsp3) is 0.188. The second-order valence-electron chi connectivity index (χ2n) is 4.94. The fourth-order valence-electron chi connectivity index (χ4n) is 2.83. The lowest BCUT2D eigenvalue weighted by molar-refractivity contribution is 1.01. The van der Waals surface area contributed by atoms with Crippen molar-refractivity contribution in [3.63, 3.8) is 0 Å². The van der Waals surface area contributed by atoms with Gasteiger partial charge in [0.2, 0.25) is 0 Å². The van der Waals surface area contributed by atoms with Crippen LogP contribution in [0, 0.1) is 0 Å². The first-order valence-corrected chi connectivity index (χ1v) is 7.18. The predicted octanol–water partition coefficient (Wildman–Crippen LogP) is 3.38.